The molecule has 10 heteroatoms. The quantitative estimate of drug-likeness (QED) is 0.352. The van der Waals surface area contributed by atoms with E-state index >= 15 is 0 Å². The number of benzene rings is 3. The van der Waals surface area contributed by atoms with Gasteiger partial charge in [0.1, 0.15) is 0 Å². The van der Waals surface area contributed by atoms with E-state index in [0.29, 0.717) is 0 Å². The van der Waals surface area contributed by atoms with E-state index in [1.165, 1.54) is 19.2 Å². The highest BCUT2D eigenvalue weighted by Crippen LogP contribution is 2.41. The molecule has 3 aromatic rings. The monoisotopic (exact) mass is 419 g/mol. The van der Waals surface area contributed by atoms with Crippen LogP contribution in [0.1, 0.15) is 0 Å². The van der Waals surface area contributed by atoms with Gasteiger partial charge in [-0.3, -0.25) is 4.31 Å². The minimum atomic E-state index is -4.34. The van der Waals surface area contributed by atoms with Gasteiger partial charge in [-0.1, -0.05) is 6.07 Å². The molecule has 3 rings (SSSR count). The molecule has 0 heterocycles. The summed E-state index contributed by atoms with van der Waals surface area (Å²) in [6.07, 6.45) is 0. The molecule has 0 fully saturated rings. The van der Waals surface area contributed by atoms with Crippen LogP contribution >= 0.6 is 0 Å². The molecule has 0 radical (unpaired) electrons. The van der Waals surface area contributed by atoms with Crippen molar-refractivity contribution in [3.63, 3.8) is 0 Å². The Balaban J connectivity index is 2.21. The molecule has 0 saturated carbocycles. The number of sulfonamides is 1. The van der Waals surface area contributed by atoms with Gasteiger partial charge in [-0.2, -0.15) is 0 Å². The first-order chi connectivity index (χ1) is 13.5. The van der Waals surface area contributed by atoms with E-state index in [-0.39, 0.29) is 16.8 Å². The van der Waals surface area contributed by atoms with Crippen LogP contribution < -0.4 is 4.31 Å². The van der Waals surface area contributed by atoms with Gasteiger partial charge in [-0.25, -0.2) is 8.42 Å². The lowest BCUT2D eigenvalue weighted by Gasteiger charge is -2.22. The zero-order valence-corrected chi connectivity index (χ0v) is 15.8. The first-order valence-corrected chi connectivity index (χ1v) is 9.55. The summed E-state index contributed by atoms with van der Waals surface area (Å²) in [6.45, 7) is 0. The van der Waals surface area contributed by atoms with Crippen LogP contribution in [0, 0.1) is 0 Å². The van der Waals surface area contributed by atoms with Crippen LogP contribution in [0.3, 0.4) is 0 Å². The Morgan fingerprint density at radius 3 is 1.76 bits per heavy atom. The SMILES string of the molecule is CN(c1ccc(O)c(O)c1)S(=O)(=O)c1cc(O)c(O)cc1-c1ccc(O)c(O)c1. The third-order valence-electron chi connectivity index (χ3n) is 4.32. The van der Waals surface area contributed by atoms with Crippen LogP contribution in [-0.4, -0.2) is 46.1 Å². The first kappa shape index (κ1) is 20.0. The fourth-order valence-electron chi connectivity index (χ4n) is 2.68. The Labute approximate surface area is 165 Å². The van der Waals surface area contributed by atoms with Gasteiger partial charge < -0.3 is 30.6 Å². The highest BCUT2D eigenvalue weighted by molar-refractivity contribution is 7.93. The molecule has 3 aromatic carbocycles. The maximum atomic E-state index is 13.2. The molecule has 9 nitrogen and oxygen atoms in total. The Bertz CT molecular complexity index is 1210. The summed E-state index contributed by atoms with van der Waals surface area (Å²) in [6, 6.07) is 8.85. The van der Waals surface area contributed by atoms with Gasteiger partial charge in [0.15, 0.2) is 34.5 Å². The number of hydrogen-bond acceptors (Lipinski definition) is 8. The molecule has 0 aliphatic carbocycles. The molecule has 0 spiro atoms. The zero-order valence-electron chi connectivity index (χ0n) is 15.0. The summed E-state index contributed by atoms with van der Waals surface area (Å²) >= 11 is 0. The number of aromatic hydroxyl groups is 6. The maximum absolute atomic E-state index is 13.2. The number of rotatable bonds is 4. The van der Waals surface area contributed by atoms with Gasteiger partial charge in [-0.05, 0) is 35.9 Å². The van der Waals surface area contributed by atoms with Crippen LogP contribution in [0.5, 0.6) is 34.5 Å². The molecule has 0 aliphatic rings. The summed E-state index contributed by atoms with van der Waals surface area (Å²) in [5.74, 6) is -3.15. The van der Waals surface area contributed by atoms with Gasteiger partial charge in [0.05, 0.1) is 10.6 Å². The van der Waals surface area contributed by atoms with Crippen LogP contribution in [0.2, 0.25) is 0 Å². The summed E-state index contributed by atoms with van der Waals surface area (Å²) < 4.78 is 27.2. The van der Waals surface area contributed by atoms with Gasteiger partial charge >= 0.3 is 0 Å². The summed E-state index contributed by atoms with van der Waals surface area (Å²) in [5, 5.41) is 58.1. The van der Waals surface area contributed by atoms with Crippen LogP contribution in [0.15, 0.2) is 53.4 Å². The molecule has 0 unspecified atom stereocenters. The highest BCUT2D eigenvalue weighted by atomic mass is 32.2. The van der Waals surface area contributed by atoms with E-state index in [9.17, 15) is 39.1 Å². The van der Waals surface area contributed by atoms with E-state index < -0.39 is 49.4 Å². The van der Waals surface area contributed by atoms with Gasteiger partial charge in [-0.15, -0.1) is 0 Å². The molecule has 0 aromatic heterocycles. The minimum absolute atomic E-state index is 0.0207. The molecule has 0 bridgehead atoms. The molecule has 29 heavy (non-hydrogen) atoms. The van der Waals surface area contributed by atoms with Crippen molar-refractivity contribution < 1.29 is 39.1 Å². The second-order valence-corrected chi connectivity index (χ2v) is 8.12. The summed E-state index contributed by atoms with van der Waals surface area (Å²) in [5.41, 5.74) is 0.119. The van der Waals surface area contributed by atoms with Gasteiger partial charge in [0, 0.05) is 24.7 Å². The third kappa shape index (κ3) is 3.52. The number of hydrogen-bond donors (Lipinski definition) is 6. The zero-order chi connectivity index (χ0) is 21.5. The fraction of sp³-hybridized carbons (Fsp3) is 0.0526. The lowest BCUT2D eigenvalue weighted by molar-refractivity contribution is 0.402. The lowest BCUT2D eigenvalue weighted by atomic mass is 10.0. The standard InChI is InChI=1S/C19H17NO8S/c1-20(11-3-5-14(22)16(24)7-11)29(27,28)19-9-18(26)17(25)8-12(19)10-2-4-13(21)15(23)6-10/h2-9,21-26H,1H3. The number of nitrogens with zero attached hydrogens (tertiary/aromatic N) is 1. The van der Waals surface area contributed by atoms with Crippen molar-refractivity contribution >= 4 is 15.7 Å². The molecule has 0 atom stereocenters. The van der Waals surface area contributed by atoms with Crippen molar-refractivity contribution in [1.82, 2.24) is 0 Å². The molecule has 0 aliphatic heterocycles. The Morgan fingerprint density at radius 2 is 1.17 bits per heavy atom. The van der Waals surface area contributed by atoms with Gasteiger partial charge in [0.25, 0.3) is 10.0 Å². The summed E-state index contributed by atoms with van der Waals surface area (Å²) in [4.78, 5) is -0.409. The lowest BCUT2D eigenvalue weighted by Crippen LogP contribution is -2.27. The second kappa shape index (κ2) is 6.99. The van der Waals surface area contributed by atoms with Crippen molar-refractivity contribution in [2.24, 2.45) is 0 Å². The molecule has 0 saturated heterocycles. The van der Waals surface area contributed by atoms with Crippen molar-refractivity contribution in [3.8, 4) is 45.6 Å². The predicted molar refractivity (Wildman–Crippen MR) is 104 cm³/mol. The average Bonchev–Trinajstić information content (AvgIpc) is 2.67. The second-order valence-electron chi connectivity index (χ2n) is 6.19. The Kier molecular flexibility index (Phi) is 4.81. The van der Waals surface area contributed by atoms with Crippen LogP contribution in [0.4, 0.5) is 5.69 Å². The van der Waals surface area contributed by atoms with Crippen LogP contribution in [-0.2, 0) is 10.0 Å². The topological polar surface area (TPSA) is 159 Å². The number of anilines is 1. The van der Waals surface area contributed by atoms with Crippen molar-refractivity contribution in [2.75, 3.05) is 11.4 Å². The fourth-order valence-corrected chi connectivity index (χ4v) is 4.08. The van der Waals surface area contributed by atoms with Crippen molar-refractivity contribution in [1.29, 1.82) is 0 Å². The largest absolute Gasteiger partial charge is 0.504 e. The number of phenols is 6. The maximum Gasteiger partial charge on any atom is 0.264 e. The number of phenolic OH excluding ortho intramolecular Hbond substituents is 6. The predicted octanol–water partition coefficient (Wildman–Crippen LogP) is 2.41. The van der Waals surface area contributed by atoms with Crippen LogP contribution in [0.25, 0.3) is 11.1 Å². The Morgan fingerprint density at radius 1 is 0.655 bits per heavy atom. The molecular formula is C19H17NO8S. The Hall–Kier alpha value is -3.79. The smallest absolute Gasteiger partial charge is 0.264 e. The minimum Gasteiger partial charge on any atom is -0.504 e. The molecule has 6 N–H and O–H groups in total. The van der Waals surface area contributed by atoms with Crippen molar-refractivity contribution in [3.05, 3.63) is 48.5 Å². The first-order valence-electron chi connectivity index (χ1n) is 8.11. The molecule has 0 amide bonds. The van der Waals surface area contributed by atoms with E-state index in [1.807, 2.05) is 0 Å². The van der Waals surface area contributed by atoms with E-state index in [2.05, 4.69) is 0 Å². The van der Waals surface area contributed by atoms with Crippen molar-refractivity contribution in [2.45, 2.75) is 4.90 Å². The van der Waals surface area contributed by atoms with Gasteiger partial charge in [0.2, 0.25) is 0 Å². The van der Waals surface area contributed by atoms with E-state index in [0.717, 1.165) is 40.7 Å². The highest BCUT2D eigenvalue weighted by Gasteiger charge is 2.27. The van der Waals surface area contributed by atoms with E-state index in [1.54, 1.807) is 0 Å². The summed E-state index contributed by atoms with van der Waals surface area (Å²) in [7, 11) is -3.14. The normalized spacial score (nSPS) is 11.3. The molecular weight excluding hydrogens is 402 g/mol. The average molecular weight is 419 g/mol. The van der Waals surface area contributed by atoms with E-state index in [4.69, 9.17) is 0 Å². The molecule has 152 valence electrons. The third-order valence-corrected chi connectivity index (χ3v) is 6.15.